The summed E-state index contributed by atoms with van der Waals surface area (Å²) in [5.74, 6) is -4.86. The summed E-state index contributed by atoms with van der Waals surface area (Å²) in [6, 6.07) is 11.5. The highest BCUT2D eigenvalue weighted by Gasteiger charge is 2.61. The molecule has 0 unspecified atom stereocenters. The lowest BCUT2D eigenvalue weighted by Crippen LogP contribution is -2.45. The van der Waals surface area contributed by atoms with Gasteiger partial charge in [0.05, 0.1) is 0 Å². The predicted octanol–water partition coefficient (Wildman–Crippen LogP) is 4.88. The molecule has 0 saturated heterocycles. The predicted molar refractivity (Wildman–Crippen MR) is 82.4 cm³/mol. The summed E-state index contributed by atoms with van der Waals surface area (Å²) < 4.78 is 69.1. The Balaban J connectivity index is 0.00000288. The number of halogens is 6. The van der Waals surface area contributed by atoms with Crippen molar-refractivity contribution in [1.29, 1.82) is 0 Å². The summed E-state index contributed by atoms with van der Waals surface area (Å²) in [4.78, 5) is 0. The molecular formula is C16H15ClF5NO. The zero-order chi connectivity index (χ0) is 17.1. The third kappa shape index (κ3) is 4.58. The molecule has 132 valence electrons. The van der Waals surface area contributed by atoms with Crippen molar-refractivity contribution in [3.05, 3.63) is 65.7 Å². The van der Waals surface area contributed by atoms with Crippen LogP contribution in [0.3, 0.4) is 0 Å². The van der Waals surface area contributed by atoms with Crippen molar-refractivity contribution in [3.63, 3.8) is 0 Å². The van der Waals surface area contributed by atoms with Crippen molar-refractivity contribution in [2.75, 3.05) is 0 Å². The third-order valence-electron chi connectivity index (χ3n) is 3.23. The van der Waals surface area contributed by atoms with Crippen LogP contribution in [0, 0.1) is 0 Å². The quantitative estimate of drug-likeness (QED) is 0.764. The Morgan fingerprint density at radius 1 is 0.917 bits per heavy atom. The largest absolute Gasteiger partial charge is 0.489 e. The minimum Gasteiger partial charge on any atom is -0.489 e. The summed E-state index contributed by atoms with van der Waals surface area (Å²) in [6.45, 7) is 0.162. The van der Waals surface area contributed by atoms with Gasteiger partial charge in [0.1, 0.15) is 18.4 Å². The van der Waals surface area contributed by atoms with Gasteiger partial charge in [-0.2, -0.15) is 22.0 Å². The van der Waals surface area contributed by atoms with Crippen molar-refractivity contribution in [2.24, 2.45) is 5.73 Å². The normalized spacial score (nSPS) is 13.1. The SMILES string of the molecule is Cl.N[C@H](c1cccc(OCc2ccccc2)c1)C(F)(F)C(F)(F)F. The molecule has 2 N–H and O–H groups in total. The first kappa shape index (κ1) is 20.2. The molecular weight excluding hydrogens is 353 g/mol. The van der Waals surface area contributed by atoms with Crippen LogP contribution in [-0.4, -0.2) is 12.1 Å². The van der Waals surface area contributed by atoms with Crippen molar-refractivity contribution < 1.29 is 26.7 Å². The number of rotatable bonds is 5. The van der Waals surface area contributed by atoms with E-state index in [0.29, 0.717) is 0 Å². The zero-order valence-corrected chi connectivity index (χ0v) is 13.1. The summed E-state index contributed by atoms with van der Waals surface area (Å²) in [7, 11) is 0. The van der Waals surface area contributed by atoms with Crippen LogP contribution in [0.2, 0.25) is 0 Å². The first-order valence-electron chi connectivity index (χ1n) is 6.68. The maximum Gasteiger partial charge on any atom is 0.455 e. The molecule has 1 atom stereocenters. The van der Waals surface area contributed by atoms with Crippen LogP contribution < -0.4 is 10.5 Å². The molecule has 2 rings (SSSR count). The molecule has 0 aliphatic rings. The Kier molecular flexibility index (Phi) is 6.57. The Bertz CT molecular complexity index is 648. The summed E-state index contributed by atoms with van der Waals surface area (Å²) in [6.07, 6.45) is -5.71. The highest BCUT2D eigenvalue weighted by molar-refractivity contribution is 5.85. The van der Waals surface area contributed by atoms with E-state index in [1.165, 1.54) is 12.1 Å². The van der Waals surface area contributed by atoms with Gasteiger partial charge in [0.25, 0.3) is 0 Å². The molecule has 0 spiro atoms. The number of ether oxygens (including phenoxy) is 1. The van der Waals surface area contributed by atoms with Gasteiger partial charge >= 0.3 is 12.1 Å². The molecule has 2 aromatic rings. The number of hydrogen-bond donors (Lipinski definition) is 1. The second-order valence-electron chi connectivity index (χ2n) is 4.95. The first-order chi connectivity index (χ1) is 10.7. The Labute approximate surface area is 141 Å². The average molecular weight is 368 g/mol. The van der Waals surface area contributed by atoms with Crippen LogP contribution in [0.25, 0.3) is 0 Å². The fourth-order valence-corrected chi connectivity index (χ4v) is 1.92. The Morgan fingerprint density at radius 2 is 1.54 bits per heavy atom. The van der Waals surface area contributed by atoms with Gasteiger partial charge in [-0.05, 0) is 23.3 Å². The van der Waals surface area contributed by atoms with E-state index in [-0.39, 0.29) is 30.3 Å². The molecule has 0 bridgehead atoms. The average Bonchev–Trinajstić information content (AvgIpc) is 2.52. The van der Waals surface area contributed by atoms with Crippen molar-refractivity contribution in [2.45, 2.75) is 24.7 Å². The molecule has 0 aromatic heterocycles. The fraction of sp³-hybridized carbons (Fsp3) is 0.250. The maximum absolute atomic E-state index is 13.3. The molecule has 8 heteroatoms. The second-order valence-corrected chi connectivity index (χ2v) is 4.95. The van der Waals surface area contributed by atoms with E-state index in [9.17, 15) is 22.0 Å². The van der Waals surface area contributed by atoms with Crippen molar-refractivity contribution in [1.82, 2.24) is 0 Å². The molecule has 0 fully saturated rings. The monoisotopic (exact) mass is 367 g/mol. The van der Waals surface area contributed by atoms with Gasteiger partial charge in [-0.15, -0.1) is 12.4 Å². The Hall–Kier alpha value is -1.86. The topological polar surface area (TPSA) is 35.2 Å². The first-order valence-corrected chi connectivity index (χ1v) is 6.68. The molecule has 0 radical (unpaired) electrons. The molecule has 24 heavy (non-hydrogen) atoms. The van der Waals surface area contributed by atoms with Gasteiger partial charge in [0.2, 0.25) is 0 Å². The van der Waals surface area contributed by atoms with Crippen molar-refractivity contribution in [3.8, 4) is 5.75 Å². The van der Waals surface area contributed by atoms with Crippen LogP contribution in [0.15, 0.2) is 54.6 Å². The number of benzene rings is 2. The lowest BCUT2D eigenvalue weighted by molar-refractivity contribution is -0.291. The van der Waals surface area contributed by atoms with Crippen LogP contribution in [0.4, 0.5) is 22.0 Å². The van der Waals surface area contributed by atoms with Crippen LogP contribution >= 0.6 is 12.4 Å². The summed E-state index contributed by atoms with van der Waals surface area (Å²) in [5, 5.41) is 0. The highest BCUT2D eigenvalue weighted by Crippen LogP contribution is 2.43. The van der Waals surface area contributed by atoms with E-state index in [2.05, 4.69) is 0 Å². The minimum absolute atomic E-state index is 0. The molecule has 0 heterocycles. The highest BCUT2D eigenvalue weighted by atomic mass is 35.5. The summed E-state index contributed by atoms with van der Waals surface area (Å²) in [5.41, 5.74) is 5.60. The summed E-state index contributed by atoms with van der Waals surface area (Å²) >= 11 is 0. The molecule has 2 aromatic carbocycles. The third-order valence-corrected chi connectivity index (χ3v) is 3.23. The lowest BCUT2D eigenvalue weighted by Gasteiger charge is -2.26. The molecule has 0 aliphatic heterocycles. The minimum atomic E-state index is -5.71. The van der Waals surface area contributed by atoms with Gasteiger partial charge < -0.3 is 10.5 Å². The molecule has 2 nitrogen and oxygen atoms in total. The van der Waals surface area contributed by atoms with Crippen LogP contribution in [-0.2, 0) is 6.61 Å². The van der Waals surface area contributed by atoms with Crippen LogP contribution in [0.5, 0.6) is 5.75 Å². The van der Waals surface area contributed by atoms with E-state index in [0.717, 1.165) is 17.7 Å². The number of hydrogen-bond acceptors (Lipinski definition) is 2. The van der Waals surface area contributed by atoms with E-state index >= 15 is 0 Å². The van der Waals surface area contributed by atoms with Gasteiger partial charge in [0, 0.05) is 0 Å². The van der Waals surface area contributed by atoms with Gasteiger partial charge in [0.15, 0.2) is 0 Å². The molecule has 0 amide bonds. The van der Waals surface area contributed by atoms with E-state index in [4.69, 9.17) is 10.5 Å². The maximum atomic E-state index is 13.3. The second kappa shape index (κ2) is 7.81. The number of nitrogens with two attached hydrogens (primary N) is 1. The fourth-order valence-electron chi connectivity index (χ4n) is 1.92. The van der Waals surface area contributed by atoms with E-state index in [1.807, 2.05) is 6.07 Å². The number of alkyl halides is 5. The van der Waals surface area contributed by atoms with Gasteiger partial charge in [-0.1, -0.05) is 42.5 Å². The van der Waals surface area contributed by atoms with E-state index in [1.54, 1.807) is 24.3 Å². The zero-order valence-electron chi connectivity index (χ0n) is 12.3. The molecule has 0 saturated carbocycles. The molecule has 0 aliphatic carbocycles. The smallest absolute Gasteiger partial charge is 0.455 e. The van der Waals surface area contributed by atoms with Crippen LogP contribution in [0.1, 0.15) is 17.2 Å². The van der Waals surface area contributed by atoms with Gasteiger partial charge in [-0.25, -0.2) is 0 Å². The Morgan fingerprint density at radius 3 is 2.12 bits per heavy atom. The van der Waals surface area contributed by atoms with Crippen molar-refractivity contribution >= 4 is 12.4 Å². The van der Waals surface area contributed by atoms with Gasteiger partial charge in [-0.3, -0.25) is 0 Å². The lowest BCUT2D eigenvalue weighted by atomic mass is 10.0. The standard InChI is InChI=1S/C16H14F5NO.ClH/c17-15(18,16(19,20)21)14(22)12-7-4-8-13(9-12)23-10-11-5-2-1-3-6-11;/h1-9,14H,10,22H2;1H/t14-;/m1./s1. The van der Waals surface area contributed by atoms with E-state index < -0.39 is 18.1 Å².